The molecule has 1 aliphatic heterocycles. The number of benzene rings is 3. The zero-order valence-electron chi connectivity index (χ0n) is 23.7. The summed E-state index contributed by atoms with van der Waals surface area (Å²) < 4.78 is 27.9. The number of hydrogen-bond acceptors (Lipinski definition) is 6. The fourth-order valence-electron chi connectivity index (χ4n) is 4.82. The highest BCUT2D eigenvalue weighted by Gasteiger charge is 2.33. The zero-order valence-corrected chi connectivity index (χ0v) is 26.1. The number of allylic oxidation sites excluding steroid dienone is 1. The molecule has 0 fully saturated rings. The summed E-state index contributed by atoms with van der Waals surface area (Å²) in [5.74, 6) is 0.0897. The van der Waals surface area contributed by atoms with Gasteiger partial charge in [-0.25, -0.2) is 14.2 Å². The lowest BCUT2D eigenvalue weighted by atomic mass is 9.93. The largest absolute Gasteiger partial charge is 0.488 e. The standard InChI is InChI=1S/C33H30BrFN2O4S/c1-5-40-32(39)29-20(4)36-33-37(30(29)23-13-11-22(12-14-23)19(2)3)31(38)28(42-33)17-21-10-15-27(25(34)16-21)41-18-24-8-6-7-9-26(24)35/h6-17,19,30H,5,18H2,1-4H3/b28-17+/t30-/m0/s1. The van der Waals surface area contributed by atoms with Gasteiger partial charge in [0.1, 0.15) is 18.2 Å². The lowest BCUT2D eigenvalue weighted by Crippen LogP contribution is -2.39. The topological polar surface area (TPSA) is 69.9 Å². The van der Waals surface area contributed by atoms with E-state index in [2.05, 4.69) is 34.8 Å². The predicted octanol–water partition coefficient (Wildman–Crippen LogP) is 6.40. The Kier molecular flexibility index (Phi) is 8.89. The second-order valence-corrected chi connectivity index (χ2v) is 12.1. The van der Waals surface area contributed by atoms with Crippen molar-refractivity contribution < 1.29 is 18.7 Å². The molecule has 0 spiro atoms. The van der Waals surface area contributed by atoms with Crippen LogP contribution in [0.1, 0.15) is 61.9 Å². The van der Waals surface area contributed by atoms with Gasteiger partial charge in [0.25, 0.3) is 5.56 Å². The number of esters is 1. The van der Waals surface area contributed by atoms with Gasteiger partial charge in [0.15, 0.2) is 4.80 Å². The van der Waals surface area contributed by atoms with Crippen molar-refractivity contribution >= 4 is 39.3 Å². The average Bonchev–Trinajstić information content (AvgIpc) is 3.26. The van der Waals surface area contributed by atoms with Gasteiger partial charge in [0.05, 0.1) is 32.9 Å². The molecule has 4 aromatic rings. The summed E-state index contributed by atoms with van der Waals surface area (Å²) in [6, 6.07) is 19.2. The third-order valence-electron chi connectivity index (χ3n) is 7.03. The number of fused-ring (bicyclic) bond motifs is 1. The van der Waals surface area contributed by atoms with Crippen LogP contribution in [0.15, 0.2) is 92.3 Å². The van der Waals surface area contributed by atoms with E-state index in [1.807, 2.05) is 36.4 Å². The Bertz CT molecular complexity index is 1860. The average molecular weight is 650 g/mol. The van der Waals surface area contributed by atoms with Crippen molar-refractivity contribution in [3.05, 3.63) is 130 Å². The Labute approximate surface area is 255 Å². The lowest BCUT2D eigenvalue weighted by molar-refractivity contribution is -0.139. The highest BCUT2D eigenvalue weighted by molar-refractivity contribution is 9.10. The molecule has 216 valence electrons. The number of nitrogens with zero attached hydrogens (tertiary/aromatic N) is 2. The van der Waals surface area contributed by atoms with E-state index in [1.54, 1.807) is 48.8 Å². The van der Waals surface area contributed by atoms with Gasteiger partial charge < -0.3 is 9.47 Å². The van der Waals surface area contributed by atoms with E-state index >= 15 is 0 Å². The number of halogens is 2. The van der Waals surface area contributed by atoms with Crippen LogP contribution < -0.4 is 19.6 Å². The maximum Gasteiger partial charge on any atom is 0.338 e. The molecule has 0 saturated heterocycles. The second-order valence-electron chi connectivity index (χ2n) is 10.2. The van der Waals surface area contributed by atoms with Crippen LogP contribution in [0.5, 0.6) is 5.75 Å². The third-order valence-corrected chi connectivity index (χ3v) is 8.63. The van der Waals surface area contributed by atoms with E-state index in [0.717, 1.165) is 16.7 Å². The van der Waals surface area contributed by atoms with Gasteiger partial charge in [-0.2, -0.15) is 0 Å². The van der Waals surface area contributed by atoms with Crippen LogP contribution in [-0.2, 0) is 16.1 Å². The van der Waals surface area contributed by atoms with E-state index in [1.165, 1.54) is 17.4 Å². The molecule has 0 radical (unpaired) electrons. The molecule has 0 bridgehead atoms. The minimum absolute atomic E-state index is 0.0868. The Balaban J connectivity index is 1.53. The van der Waals surface area contributed by atoms with Crippen LogP contribution in [0, 0.1) is 5.82 Å². The summed E-state index contributed by atoms with van der Waals surface area (Å²) in [5, 5.41) is 0. The van der Waals surface area contributed by atoms with Gasteiger partial charge in [0, 0.05) is 5.56 Å². The molecule has 0 amide bonds. The number of carbonyl (C=O) groups excluding carboxylic acids is 1. The number of thiazole rings is 1. The summed E-state index contributed by atoms with van der Waals surface area (Å²) in [7, 11) is 0. The fourth-order valence-corrected chi connectivity index (χ4v) is 6.37. The van der Waals surface area contributed by atoms with Crippen LogP contribution in [-0.4, -0.2) is 17.1 Å². The van der Waals surface area contributed by atoms with E-state index in [0.29, 0.717) is 42.3 Å². The summed E-state index contributed by atoms with van der Waals surface area (Å²) >= 11 is 4.80. The molecule has 1 atom stereocenters. The monoisotopic (exact) mass is 648 g/mol. The molecule has 5 rings (SSSR count). The normalized spacial score (nSPS) is 15.0. The molecule has 2 heterocycles. The van der Waals surface area contributed by atoms with Gasteiger partial charge >= 0.3 is 5.97 Å². The summed E-state index contributed by atoms with van der Waals surface area (Å²) in [5.41, 5.74) is 3.83. The highest BCUT2D eigenvalue weighted by atomic mass is 79.9. The molecule has 9 heteroatoms. The number of rotatable bonds is 8. The number of carbonyl (C=O) groups is 1. The van der Waals surface area contributed by atoms with Gasteiger partial charge in [-0.15, -0.1) is 0 Å². The number of aromatic nitrogens is 1. The van der Waals surface area contributed by atoms with Crippen molar-refractivity contribution in [2.24, 2.45) is 4.99 Å². The van der Waals surface area contributed by atoms with Gasteiger partial charge in [-0.05, 0) is 76.7 Å². The van der Waals surface area contributed by atoms with Gasteiger partial charge in [0.2, 0.25) is 0 Å². The van der Waals surface area contributed by atoms with Crippen molar-refractivity contribution in [1.29, 1.82) is 0 Å². The number of ether oxygens (including phenoxy) is 2. The zero-order chi connectivity index (χ0) is 30.0. The SMILES string of the molecule is CCOC(=O)C1=C(C)N=c2s/c(=C/c3ccc(OCc4ccccc4F)c(Br)c3)c(=O)n2[C@H]1c1ccc(C(C)C)cc1. The van der Waals surface area contributed by atoms with Crippen molar-refractivity contribution in [2.75, 3.05) is 6.61 Å². The van der Waals surface area contributed by atoms with Crippen LogP contribution in [0.25, 0.3) is 6.08 Å². The summed E-state index contributed by atoms with van der Waals surface area (Å²) in [6.07, 6.45) is 1.79. The first-order valence-corrected chi connectivity index (χ1v) is 15.2. The molecule has 6 nitrogen and oxygen atoms in total. The summed E-state index contributed by atoms with van der Waals surface area (Å²) in [6.45, 7) is 8.07. The summed E-state index contributed by atoms with van der Waals surface area (Å²) in [4.78, 5) is 32.2. The molecule has 3 aromatic carbocycles. The van der Waals surface area contributed by atoms with Crippen LogP contribution in [0.4, 0.5) is 4.39 Å². The van der Waals surface area contributed by atoms with Crippen molar-refractivity contribution in [2.45, 2.75) is 46.3 Å². The lowest BCUT2D eigenvalue weighted by Gasteiger charge is -2.25. The van der Waals surface area contributed by atoms with Crippen molar-refractivity contribution in [1.82, 2.24) is 4.57 Å². The Morgan fingerprint density at radius 2 is 1.88 bits per heavy atom. The van der Waals surface area contributed by atoms with Gasteiger partial charge in [-0.1, -0.05) is 73.7 Å². The fraction of sp³-hybridized carbons (Fsp3) is 0.242. The van der Waals surface area contributed by atoms with Crippen LogP contribution in [0.2, 0.25) is 0 Å². The quantitative estimate of drug-likeness (QED) is 0.207. The molecule has 0 saturated carbocycles. The smallest absolute Gasteiger partial charge is 0.338 e. The number of hydrogen-bond donors (Lipinski definition) is 0. The minimum atomic E-state index is -0.662. The molecular weight excluding hydrogens is 619 g/mol. The van der Waals surface area contributed by atoms with Crippen LogP contribution in [0.3, 0.4) is 0 Å². The molecule has 0 N–H and O–H groups in total. The molecule has 0 aliphatic carbocycles. The minimum Gasteiger partial charge on any atom is -0.488 e. The Morgan fingerprint density at radius 1 is 1.14 bits per heavy atom. The first-order valence-electron chi connectivity index (χ1n) is 13.6. The Morgan fingerprint density at radius 3 is 2.55 bits per heavy atom. The Hall–Kier alpha value is -3.82. The van der Waals surface area contributed by atoms with E-state index in [4.69, 9.17) is 9.47 Å². The van der Waals surface area contributed by atoms with E-state index in [9.17, 15) is 14.0 Å². The maximum absolute atomic E-state index is 14.0. The van der Waals surface area contributed by atoms with E-state index in [-0.39, 0.29) is 24.6 Å². The molecular formula is C33H30BrFN2O4S. The van der Waals surface area contributed by atoms with E-state index < -0.39 is 12.0 Å². The van der Waals surface area contributed by atoms with Gasteiger partial charge in [-0.3, -0.25) is 9.36 Å². The first-order chi connectivity index (χ1) is 20.2. The molecule has 1 aliphatic rings. The predicted molar refractivity (Wildman–Crippen MR) is 166 cm³/mol. The first kappa shape index (κ1) is 29.7. The second kappa shape index (κ2) is 12.6. The maximum atomic E-state index is 14.0. The highest BCUT2D eigenvalue weighted by Crippen LogP contribution is 2.32. The third kappa shape index (κ3) is 6.03. The molecule has 0 unspecified atom stereocenters. The molecule has 1 aromatic heterocycles. The molecule has 42 heavy (non-hydrogen) atoms. The van der Waals surface area contributed by atoms with Crippen molar-refractivity contribution in [3.8, 4) is 5.75 Å². The van der Waals surface area contributed by atoms with Crippen molar-refractivity contribution in [3.63, 3.8) is 0 Å². The van der Waals surface area contributed by atoms with Crippen LogP contribution >= 0.6 is 27.3 Å².